The van der Waals surface area contributed by atoms with Crippen molar-refractivity contribution in [2.75, 3.05) is 0 Å². The van der Waals surface area contributed by atoms with Crippen LogP contribution in [0.2, 0.25) is 0 Å². The Balaban J connectivity index is 1.02. The molecule has 0 aliphatic rings. The highest BCUT2D eigenvalue weighted by Crippen LogP contribution is 2.42. The van der Waals surface area contributed by atoms with Gasteiger partial charge in [-0.2, -0.15) is 0 Å². The molecule has 4 heterocycles. The highest BCUT2D eigenvalue weighted by Gasteiger charge is 2.22. The SMILES string of the molecule is c1ccc(-c2nc(-c3ccccc3)nc(-c3ccc(-c4ccc5c6cc(-n7c8ccccc8c8ccccc87)ccc6n(-c6ccccc6)c5c4)c(-n4c5ccccc5c5ccccc54)c3)n2)cc1. The van der Waals surface area contributed by atoms with Crippen LogP contribution in [0, 0.1) is 0 Å². The molecule has 0 radical (unpaired) electrons. The van der Waals surface area contributed by atoms with Crippen LogP contribution in [0.25, 0.3) is 128 Å². The summed E-state index contributed by atoms with van der Waals surface area (Å²) in [6.45, 7) is 0. The van der Waals surface area contributed by atoms with Crippen LogP contribution in [-0.4, -0.2) is 28.7 Å². The molecular formula is C63H40N6. The quantitative estimate of drug-likeness (QED) is 0.160. The molecule has 69 heavy (non-hydrogen) atoms. The molecule has 10 aromatic carbocycles. The second-order valence-corrected chi connectivity index (χ2v) is 17.6. The standard InChI is InChI=1S/C63H40N6/c1-4-18-41(19-5-1)61-64-62(42-20-6-2-7-21-42)66-63(65-61)44-33-35-47(59(39-44)69-56-30-16-12-26-50(56)51-27-13-17-31-57(51)69)43-32-36-52-53-40-46(34-37-58(53)67(60(52)38-43)45-22-8-3-9-23-45)68-54-28-14-10-24-48(54)49-25-11-15-29-55(49)68/h1-40H. The Bertz CT molecular complexity index is 4130. The Hall–Kier alpha value is -9.39. The van der Waals surface area contributed by atoms with Crippen molar-refractivity contribution in [1.29, 1.82) is 0 Å². The third-order valence-electron chi connectivity index (χ3n) is 13.7. The fraction of sp³-hybridized carbons (Fsp3) is 0. The van der Waals surface area contributed by atoms with Gasteiger partial charge in [0.15, 0.2) is 17.5 Å². The van der Waals surface area contributed by atoms with Crippen molar-refractivity contribution in [3.63, 3.8) is 0 Å². The summed E-state index contributed by atoms with van der Waals surface area (Å²) >= 11 is 0. The van der Waals surface area contributed by atoms with Gasteiger partial charge in [-0.25, -0.2) is 15.0 Å². The van der Waals surface area contributed by atoms with Crippen molar-refractivity contribution >= 4 is 65.4 Å². The van der Waals surface area contributed by atoms with Crippen molar-refractivity contribution in [2.24, 2.45) is 0 Å². The van der Waals surface area contributed by atoms with Crippen LogP contribution in [0.3, 0.4) is 0 Å². The lowest BCUT2D eigenvalue weighted by molar-refractivity contribution is 1.07. The first-order chi connectivity index (χ1) is 34.2. The van der Waals surface area contributed by atoms with Crippen LogP contribution in [-0.2, 0) is 0 Å². The van der Waals surface area contributed by atoms with E-state index in [9.17, 15) is 0 Å². The summed E-state index contributed by atoms with van der Waals surface area (Å²) in [7, 11) is 0. The Morgan fingerprint density at radius 1 is 0.232 bits per heavy atom. The first-order valence-corrected chi connectivity index (χ1v) is 23.4. The van der Waals surface area contributed by atoms with E-state index in [0.29, 0.717) is 17.5 Å². The van der Waals surface area contributed by atoms with Crippen molar-refractivity contribution < 1.29 is 0 Å². The number of hydrogen-bond donors (Lipinski definition) is 0. The number of nitrogens with zero attached hydrogens (tertiary/aromatic N) is 6. The van der Waals surface area contributed by atoms with E-state index in [1.807, 2.05) is 36.4 Å². The molecule has 0 saturated heterocycles. The van der Waals surface area contributed by atoms with E-state index in [0.717, 1.165) is 66.9 Å². The Morgan fingerprint density at radius 2 is 0.652 bits per heavy atom. The molecule has 0 spiro atoms. The molecular weight excluding hydrogens is 841 g/mol. The van der Waals surface area contributed by atoms with E-state index in [1.165, 1.54) is 43.4 Å². The Kier molecular flexibility index (Phi) is 8.79. The monoisotopic (exact) mass is 880 g/mol. The van der Waals surface area contributed by atoms with Crippen molar-refractivity contribution in [2.45, 2.75) is 0 Å². The molecule has 0 fully saturated rings. The average molecular weight is 881 g/mol. The molecule has 4 aromatic heterocycles. The van der Waals surface area contributed by atoms with Crippen LogP contribution < -0.4 is 0 Å². The molecule has 0 aliphatic carbocycles. The van der Waals surface area contributed by atoms with Gasteiger partial charge in [-0.3, -0.25) is 0 Å². The molecule has 0 saturated carbocycles. The molecule has 0 unspecified atom stereocenters. The van der Waals surface area contributed by atoms with E-state index in [2.05, 4.69) is 220 Å². The van der Waals surface area contributed by atoms with E-state index in [1.54, 1.807) is 0 Å². The van der Waals surface area contributed by atoms with E-state index in [-0.39, 0.29) is 0 Å². The third kappa shape index (κ3) is 6.23. The van der Waals surface area contributed by atoms with Crippen LogP contribution in [0.15, 0.2) is 243 Å². The van der Waals surface area contributed by atoms with Crippen molar-refractivity contribution in [1.82, 2.24) is 28.7 Å². The minimum atomic E-state index is 0.606. The largest absolute Gasteiger partial charge is 0.309 e. The van der Waals surface area contributed by atoms with E-state index >= 15 is 0 Å². The molecule has 0 atom stereocenters. The first kappa shape index (κ1) is 38.8. The lowest BCUT2D eigenvalue weighted by Crippen LogP contribution is -2.02. The van der Waals surface area contributed by atoms with Gasteiger partial charge in [-0.05, 0) is 72.3 Å². The molecule has 322 valence electrons. The van der Waals surface area contributed by atoms with E-state index in [4.69, 9.17) is 15.0 Å². The number of benzene rings is 10. The molecule has 6 nitrogen and oxygen atoms in total. The van der Waals surface area contributed by atoms with Gasteiger partial charge in [0, 0.05) is 65.9 Å². The summed E-state index contributed by atoms with van der Waals surface area (Å²) in [5.74, 6) is 1.86. The predicted molar refractivity (Wildman–Crippen MR) is 285 cm³/mol. The third-order valence-corrected chi connectivity index (χ3v) is 13.7. The van der Waals surface area contributed by atoms with Gasteiger partial charge in [-0.1, -0.05) is 176 Å². The normalized spacial score (nSPS) is 11.8. The second-order valence-electron chi connectivity index (χ2n) is 17.6. The first-order valence-electron chi connectivity index (χ1n) is 23.4. The highest BCUT2D eigenvalue weighted by molar-refractivity contribution is 6.14. The van der Waals surface area contributed by atoms with Gasteiger partial charge in [0.2, 0.25) is 0 Å². The summed E-state index contributed by atoms with van der Waals surface area (Å²) in [5.41, 5.74) is 15.1. The summed E-state index contributed by atoms with van der Waals surface area (Å²) in [4.78, 5) is 15.4. The van der Waals surface area contributed by atoms with Crippen LogP contribution in [0.1, 0.15) is 0 Å². The smallest absolute Gasteiger partial charge is 0.164 e. The summed E-state index contributed by atoms with van der Waals surface area (Å²) in [5, 5.41) is 7.26. The van der Waals surface area contributed by atoms with Gasteiger partial charge in [0.25, 0.3) is 0 Å². The molecule has 0 amide bonds. The zero-order valence-corrected chi connectivity index (χ0v) is 37.3. The summed E-state index contributed by atoms with van der Waals surface area (Å²) in [6.07, 6.45) is 0. The van der Waals surface area contributed by atoms with Gasteiger partial charge in [0.1, 0.15) is 0 Å². The van der Waals surface area contributed by atoms with Crippen LogP contribution in [0.4, 0.5) is 0 Å². The number of rotatable bonds is 7. The maximum absolute atomic E-state index is 5.18. The zero-order valence-electron chi connectivity index (χ0n) is 37.3. The number of fused-ring (bicyclic) bond motifs is 9. The lowest BCUT2D eigenvalue weighted by atomic mass is 9.99. The Labute approximate surface area is 397 Å². The van der Waals surface area contributed by atoms with Gasteiger partial charge >= 0.3 is 0 Å². The maximum Gasteiger partial charge on any atom is 0.164 e. The molecule has 6 heteroatoms. The van der Waals surface area contributed by atoms with Gasteiger partial charge < -0.3 is 13.7 Å². The highest BCUT2D eigenvalue weighted by atomic mass is 15.0. The van der Waals surface area contributed by atoms with E-state index < -0.39 is 0 Å². The minimum absolute atomic E-state index is 0.606. The number of aromatic nitrogens is 6. The second kappa shape index (κ2) is 15.6. The molecule has 14 aromatic rings. The summed E-state index contributed by atoms with van der Waals surface area (Å²) in [6, 6.07) is 86.5. The van der Waals surface area contributed by atoms with Gasteiger partial charge in [0.05, 0.1) is 38.8 Å². The fourth-order valence-corrected chi connectivity index (χ4v) is 10.6. The van der Waals surface area contributed by atoms with Crippen molar-refractivity contribution in [3.8, 4) is 62.4 Å². The lowest BCUT2D eigenvalue weighted by Gasteiger charge is -2.17. The predicted octanol–water partition coefficient (Wildman–Crippen LogP) is 15.8. The number of para-hydroxylation sites is 5. The minimum Gasteiger partial charge on any atom is -0.309 e. The molecule has 14 rings (SSSR count). The average Bonchev–Trinajstić information content (AvgIpc) is 4.06. The summed E-state index contributed by atoms with van der Waals surface area (Å²) < 4.78 is 7.23. The Morgan fingerprint density at radius 3 is 1.20 bits per heavy atom. The van der Waals surface area contributed by atoms with Crippen LogP contribution in [0.5, 0.6) is 0 Å². The topological polar surface area (TPSA) is 53.5 Å². The maximum atomic E-state index is 5.18. The zero-order chi connectivity index (χ0) is 45.4. The van der Waals surface area contributed by atoms with Gasteiger partial charge in [-0.15, -0.1) is 0 Å². The van der Waals surface area contributed by atoms with Crippen LogP contribution >= 0.6 is 0 Å². The number of hydrogen-bond acceptors (Lipinski definition) is 3. The fourth-order valence-electron chi connectivity index (χ4n) is 10.6. The molecule has 0 aliphatic heterocycles. The van der Waals surface area contributed by atoms with Crippen molar-refractivity contribution in [3.05, 3.63) is 243 Å². The molecule has 0 bridgehead atoms. The molecule has 0 N–H and O–H groups in total.